The van der Waals surface area contributed by atoms with Crippen molar-refractivity contribution in [1.29, 1.82) is 0 Å². The van der Waals surface area contributed by atoms with Crippen molar-refractivity contribution >= 4 is 123 Å². The topological polar surface area (TPSA) is 21.3 Å². The van der Waals surface area contributed by atoms with Gasteiger partial charge < -0.3 is 23.5 Å². The Bertz CT molecular complexity index is 8360. The van der Waals surface area contributed by atoms with Crippen LogP contribution >= 0.6 is 0 Å². The predicted molar refractivity (Wildman–Crippen MR) is 505 cm³/mol. The molecule has 0 N–H and O–H groups in total. The molecule has 16 aromatic carbocycles. The number of anilines is 6. The van der Waals surface area contributed by atoms with Crippen LogP contribution in [0.2, 0.25) is 0 Å². The molecule has 0 amide bonds. The van der Waals surface area contributed by atoms with Gasteiger partial charge in [0.1, 0.15) is 0 Å². The lowest BCUT2D eigenvalue weighted by molar-refractivity contribution is 0.590. The average Bonchev–Trinajstić information content (AvgIpc) is 1.55. The first-order chi connectivity index (χ1) is 65.8. The van der Waals surface area contributed by atoms with Crippen molar-refractivity contribution in [2.45, 2.75) is 105 Å². The summed E-state index contributed by atoms with van der Waals surface area (Å²) in [6, 6.07) is 61.0. The maximum absolute atomic E-state index is 12.1. The second-order valence-corrected chi connectivity index (χ2v) is 35.3. The van der Waals surface area contributed by atoms with Gasteiger partial charge in [0.05, 0.1) is 73.3 Å². The van der Waals surface area contributed by atoms with Crippen LogP contribution in [0.3, 0.4) is 0 Å². The van der Waals surface area contributed by atoms with Gasteiger partial charge in [-0.15, -0.1) is 0 Å². The Kier molecular flexibility index (Phi) is 12.2. The summed E-state index contributed by atoms with van der Waals surface area (Å²) >= 11 is 0. The van der Waals surface area contributed by atoms with Crippen molar-refractivity contribution in [3.8, 4) is 72.7 Å². The number of benzene rings is 16. The molecule has 0 fully saturated rings. The summed E-state index contributed by atoms with van der Waals surface area (Å²) in [4.78, 5) is 4.03. The molecule has 3 aromatic heterocycles. The second-order valence-electron chi connectivity index (χ2n) is 35.3. The number of hydrogen-bond acceptors (Lipinski definition) is 2. The Morgan fingerprint density at radius 3 is 1.07 bits per heavy atom. The van der Waals surface area contributed by atoms with Crippen LogP contribution < -0.4 is 26.2 Å². The van der Waals surface area contributed by atoms with Crippen LogP contribution in [0, 0.1) is 0 Å². The van der Waals surface area contributed by atoms with Crippen molar-refractivity contribution in [2.75, 3.05) is 9.80 Å². The smallest absolute Gasteiger partial charge is 0.252 e. The number of aromatic nitrogens is 3. The van der Waals surface area contributed by atoms with E-state index >= 15 is 0 Å². The fraction of sp³-hybridized carbons (Fsp3) is 0.143. The molecule has 2 aliphatic heterocycles. The molecule has 5 heterocycles. The summed E-state index contributed by atoms with van der Waals surface area (Å²) in [7, 11) is 0. The molecule has 570 valence electrons. The third-order valence-corrected chi connectivity index (χ3v) is 23.9. The number of hydrogen-bond donors (Lipinski definition) is 0. The van der Waals surface area contributed by atoms with Crippen molar-refractivity contribution in [2.24, 2.45) is 0 Å². The standard InChI is InChI=1S/C112H94BN5/c1-109(2,3)77-36-26-32-72(62-77)84-47-30-48-85(73-33-27-37-78(63-73)110(4,5)6)107(84)117-102-69-82(115-96-51-21-16-42-88(96)89-43-17-22-52-97(89)115)57-59-94(102)113-95-60-58-83(116-98-53-23-18-44-90(98)91-45-19-24-54-99(91)116)70-103(95)118(108-86(74-34-28-38-79(64-74)111(7,8)9)49-31-50-87(108)75-35-29-39-80(65-75)112(10,11)12)105-68-76(67-104(117)106(105)113)71-56-61-101-93(66-71)92-46-20-25-55-100(92)114(101)81-40-14-13-15-41-81/h13-70H,1-12H3/i16D,17D,18D,19D,21D,22D,23D,24D,42D,43D,44D,45D,51D,52D,53D,54D,57D,58D,59D,60D,69D. The zero-order valence-corrected chi connectivity index (χ0v) is 67.7. The summed E-state index contributed by atoms with van der Waals surface area (Å²) in [6.07, 6.45) is 0. The van der Waals surface area contributed by atoms with E-state index in [1.807, 2.05) is 126 Å². The lowest BCUT2D eigenvalue weighted by Crippen LogP contribution is -2.61. The van der Waals surface area contributed by atoms with E-state index in [1.54, 1.807) is 6.07 Å². The van der Waals surface area contributed by atoms with Gasteiger partial charge in [-0.05, 0) is 185 Å². The number of rotatable bonds is 10. The largest absolute Gasteiger partial charge is 0.310 e. The Morgan fingerprint density at radius 2 is 0.619 bits per heavy atom. The molecule has 0 aliphatic carbocycles. The zero-order chi connectivity index (χ0) is 98.7. The molecule has 6 heteroatoms. The fourth-order valence-corrected chi connectivity index (χ4v) is 17.9. The third-order valence-electron chi connectivity index (χ3n) is 23.9. The molecular formula is C112H94BN5. The Hall–Kier alpha value is -13.4. The van der Waals surface area contributed by atoms with Crippen LogP contribution in [0.15, 0.2) is 351 Å². The third kappa shape index (κ3) is 11.7. The lowest BCUT2D eigenvalue weighted by Gasteiger charge is -2.46. The molecule has 21 rings (SSSR count). The quantitative estimate of drug-likeness (QED) is 0.127. The SMILES string of the molecule is [2H]c1c(-n2c3c([2H])c([2H])c([2H])c([2H])c3c3c([2H])c([2H])c([2H])c([2H])c32)cc2c(c1[2H])B1c3c(cc(-c4ccc5c(c4)c4ccccc4n5-c4ccccc4)cc3N(c3c(-c4cccc(C(C)(C)C)c4)cccc3-c3cccc(C(C)(C)C)c3)c3c([2H])c(-n4c5c([2H])c([2H])c([2H])c([2H])c5c5c([2H])c([2H])c([2H])c([2H])c54)c([2H])c([2H])c31)N2c1c(-c2cccc(C(C)(C)C)c2)cccc1-c1cccc(C(C)(C)C)c1. The van der Waals surface area contributed by atoms with Crippen LogP contribution in [-0.2, 0) is 21.7 Å². The maximum Gasteiger partial charge on any atom is 0.252 e. The summed E-state index contributed by atoms with van der Waals surface area (Å²) < 4.78 is 217. The van der Waals surface area contributed by atoms with Gasteiger partial charge in [-0.3, -0.25) is 0 Å². The van der Waals surface area contributed by atoms with Gasteiger partial charge in [-0.1, -0.05) is 344 Å². The monoisotopic (exact) mass is 1540 g/mol. The highest BCUT2D eigenvalue weighted by molar-refractivity contribution is 7.00. The molecule has 0 spiro atoms. The highest BCUT2D eigenvalue weighted by atomic mass is 15.2. The molecule has 0 saturated carbocycles. The Morgan fingerprint density at radius 1 is 0.246 bits per heavy atom. The van der Waals surface area contributed by atoms with Gasteiger partial charge in [0.25, 0.3) is 6.71 Å². The average molecular weight is 1540 g/mol. The zero-order valence-electron chi connectivity index (χ0n) is 88.7. The van der Waals surface area contributed by atoms with E-state index in [-0.39, 0.29) is 60.6 Å². The summed E-state index contributed by atoms with van der Waals surface area (Å²) in [6.45, 7) is 24.0. The first-order valence-corrected chi connectivity index (χ1v) is 40.2. The van der Waals surface area contributed by atoms with Crippen LogP contribution in [0.1, 0.15) is 134 Å². The van der Waals surface area contributed by atoms with Crippen molar-refractivity contribution in [3.63, 3.8) is 0 Å². The predicted octanol–water partition coefficient (Wildman–Crippen LogP) is 28.6. The number of para-hydroxylation sites is 8. The normalized spacial score (nSPS) is 15.5. The summed E-state index contributed by atoms with van der Waals surface area (Å²) in [5.74, 6) is 0. The minimum atomic E-state index is -1.60. The van der Waals surface area contributed by atoms with Gasteiger partial charge in [0, 0.05) is 94.4 Å². The molecule has 2 aliphatic rings. The molecule has 19 aromatic rings. The minimum Gasteiger partial charge on any atom is -0.310 e. The van der Waals surface area contributed by atoms with Gasteiger partial charge in [0.15, 0.2) is 0 Å². The summed E-state index contributed by atoms with van der Waals surface area (Å²) in [5, 5.41) is 0.519. The molecule has 0 unspecified atom stereocenters. The lowest BCUT2D eigenvalue weighted by atomic mass is 9.33. The molecule has 118 heavy (non-hydrogen) atoms. The fourth-order valence-electron chi connectivity index (χ4n) is 17.9. The molecule has 0 bridgehead atoms. The first kappa shape index (κ1) is 52.9. The van der Waals surface area contributed by atoms with Gasteiger partial charge in [-0.2, -0.15) is 0 Å². The number of nitrogens with zero attached hydrogens (tertiary/aromatic N) is 5. The van der Waals surface area contributed by atoms with E-state index in [0.717, 1.165) is 65.4 Å². The van der Waals surface area contributed by atoms with Gasteiger partial charge in [0.2, 0.25) is 0 Å². The molecule has 5 nitrogen and oxygen atoms in total. The summed E-state index contributed by atoms with van der Waals surface area (Å²) in [5.41, 5.74) is 10.8. The van der Waals surface area contributed by atoms with Crippen molar-refractivity contribution in [1.82, 2.24) is 13.7 Å². The Balaban J connectivity index is 1.04. The van der Waals surface area contributed by atoms with Crippen LogP contribution in [0.4, 0.5) is 34.1 Å². The van der Waals surface area contributed by atoms with E-state index in [0.29, 0.717) is 72.7 Å². The van der Waals surface area contributed by atoms with E-state index in [2.05, 4.69) is 190 Å². The van der Waals surface area contributed by atoms with Gasteiger partial charge in [-0.25, -0.2) is 0 Å². The van der Waals surface area contributed by atoms with E-state index < -0.39 is 172 Å². The highest BCUT2D eigenvalue weighted by Crippen LogP contribution is 2.56. The van der Waals surface area contributed by atoms with Crippen molar-refractivity contribution < 1.29 is 28.8 Å². The molecule has 0 radical (unpaired) electrons. The second kappa shape index (κ2) is 27.1. The van der Waals surface area contributed by atoms with Crippen LogP contribution in [0.5, 0.6) is 0 Å². The Labute approximate surface area is 722 Å². The maximum atomic E-state index is 12.1. The minimum absolute atomic E-state index is 0.00656. The van der Waals surface area contributed by atoms with Crippen molar-refractivity contribution in [3.05, 3.63) is 374 Å². The van der Waals surface area contributed by atoms with E-state index in [9.17, 15) is 28.8 Å². The van der Waals surface area contributed by atoms with E-state index in [1.165, 1.54) is 4.57 Å². The molecule has 0 atom stereocenters. The van der Waals surface area contributed by atoms with Crippen LogP contribution in [-0.4, -0.2) is 20.4 Å². The van der Waals surface area contributed by atoms with Gasteiger partial charge >= 0.3 is 0 Å². The first-order valence-electron chi connectivity index (χ1n) is 50.7. The molecule has 0 saturated heterocycles. The van der Waals surface area contributed by atoms with Crippen LogP contribution in [0.25, 0.3) is 138 Å². The molecular weight excluding hydrogens is 1430 g/mol. The van der Waals surface area contributed by atoms with E-state index in [4.69, 9.17) is 0 Å². The number of fused-ring (bicyclic) bond motifs is 13. The highest BCUT2D eigenvalue weighted by Gasteiger charge is 2.46.